The Morgan fingerprint density at radius 1 is 0.970 bits per heavy atom. The van der Waals surface area contributed by atoms with E-state index in [1.54, 1.807) is 18.1 Å². The number of nitrogens with zero attached hydrogens (tertiary/aromatic N) is 2. The normalized spacial score (nSPS) is 17.9. The number of nitrogens with one attached hydrogen (secondary N) is 1. The summed E-state index contributed by atoms with van der Waals surface area (Å²) in [6.07, 6.45) is 0.482. The number of H-pyrrole nitrogens is 1. The van der Waals surface area contributed by atoms with E-state index in [1.807, 2.05) is 48.5 Å². The summed E-state index contributed by atoms with van der Waals surface area (Å²) in [6, 6.07) is 18.4. The van der Waals surface area contributed by atoms with Crippen molar-refractivity contribution in [3.8, 4) is 5.75 Å². The Kier molecular flexibility index (Phi) is 3.55. The summed E-state index contributed by atoms with van der Waals surface area (Å²) in [5, 5.41) is 2.94. The van der Waals surface area contributed by atoms with Crippen molar-refractivity contribution in [2.45, 2.75) is 19.0 Å². The van der Waals surface area contributed by atoms with Gasteiger partial charge in [0.2, 0.25) is 0 Å². The van der Waals surface area contributed by atoms with Crippen LogP contribution in [-0.2, 0) is 17.8 Å². The number of aromatic nitrogens is 1. The fraction of sp³-hybridized carbons (Fsp3) is 0.154. The Hall–Kier alpha value is -4.26. The molecule has 1 saturated heterocycles. The van der Waals surface area contributed by atoms with Crippen LogP contribution in [0.4, 0.5) is 10.5 Å². The molecule has 162 valence electrons. The Balaban J connectivity index is 1.34. The van der Waals surface area contributed by atoms with Gasteiger partial charge in [0.05, 0.1) is 19.3 Å². The molecule has 3 amide bonds. The van der Waals surface area contributed by atoms with Crippen LogP contribution in [0.15, 0.2) is 65.1 Å². The number of benzene rings is 3. The van der Waals surface area contributed by atoms with Gasteiger partial charge in [-0.1, -0.05) is 36.4 Å². The minimum Gasteiger partial charge on any atom is -0.495 e. The predicted molar refractivity (Wildman–Crippen MR) is 124 cm³/mol. The lowest BCUT2D eigenvalue weighted by molar-refractivity contribution is -0.120. The number of methoxy groups -OCH3 is 1. The van der Waals surface area contributed by atoms with Gasteiger partial charge < -0.3 is 19.0 Å². The predicted octanol–water partition coefficient (Wildman–Crippen LogP) is 4.97. The molecule has 0 unspecified atom stereocenters. The lowest BCUT2D eigenvalue weighted by atomic mass is 9.97. The van der Waals surface area contributed by atoms with E-state index < -0.39 is 6.04 Å². The molecule has 2 aliphatic heterocycles. The second kappa shape index (κ2) is 6.38. The summed E-state index contributed by atoms with van der Waals surface area (Å²) in [5.74, 6) is 0.212. The number of rotatable bonds is 2. The van der Waals surface area contributed by atoms with Crippen molar-refractivity contribution in [1.82, 2.24) is 9.88 Å². The molecule has 2 aromatic heterocycles. The summed E-state index contributed by atoms with van der Waals surface area (Å²) in [5.41, 5.74) is 4.87. The molecule has 7 heteroatoms. The molecule has 1 fully saturated rings. The van der Waals surface area contributed by atoms with Crippen LogP contribution >= 0.6 is 0 Å². The monoisotopic (exact) mass is 437 g/mol. The molecule has 0 aliphatic carbocycles. The SMILES string of the molecule is COc1cc2c(cc1N1C(=O)[C@H]3Cc4c([nH]c5ccccc45)CN3C1=O)oc1ccccc12. The van der Waals surface area contributed by atoms with Crippen molar-refractivity contribution in [2.75, 3.05) is 12.0 Å². The highest BCUT2D eigenvalue weighted by Gasteiger charge is 2.49. The quantitative estimate of drug-likeness (QED) is 0.396. The first kappa shape index (κ1) is 18.3. The van der Waals surface area contributed by atoms with E-state index in [1.165, 1.54) is 4.90 Å². The molecule has 1 N–H and O–H groups in total. The Labute approximate surface area is 188 Å². The van der Waals surface area contributed by atoms with Gasteiger partial charge in [-0.15, -0.1) is 0 Å². The van der Waals surface area contributed by atoms with Gasteiger partial charge in [0.1, 0.15) is 23.0 Å². The second-order valence-corrected chi connectivity index (χ2v) is 8.55. The third-order valence-electron chi connectivity index (χ3n) is 6.87. The number of amides is 3. The molecule has 0 bridgehead atoms. The van der Waals surface area contributed by atoms with E-state index in [2.05, 4.69) is 11.1 Å². The number of imide groups is 1. The maximum Gasteiger partial charge on any atom is 0.332 e. The van der Waals surface area contributed by atoms with Crippen LogP contribution < -0.4 is 9.64 Å². The Morgan fingerprint density at radius 2 is 1.76 bits per heavy atom. The van der Waals surface area contributed by atoms with Crippen LogP contribution in [0.5, 0.6) is 5.75 Å². The third-order valence-corrected chi connectivity index (χ3v) is 6.87. The summed E-state index contributed by atoms with van der Waals surface area (Å²) >= 11 is 0. The molecule has 7 rings (SSSR count). The van der Waals surface area contributed by atoms with E-state index in [0.29, 0.717) is 30.0 Å². The number of carbonyl (C=O) groups excluding carboxylic acids is 2. The smallest absolute Gasteiger partial charge is 0.332 e. The third kappa shape index (κ3) is 2.39. The summed E-state index contributed by atoms with van der Waals surface area (Å²) in [6.45, 7) is 0.366. The number of anilines is 1. The molecule has 2 aliphatic rings. The number of ether oxygens (including phenoxy) is 1. The number of urea groups is 1. The number of para-hydroxylation sites is 2. The molecular weight excluding hydrogens is 418 g/mol. The van der Waals surface area contributed by atoms with Gasteiger partial charge in [-0.3, -0.25) is 4.79 Å². The lowest BCUT2D eigenvalue weighted by Gasteiger charge is -2.26. The highest BCUT2D eigenvalue weighted by Crippen LogP contribution is 2.42. The van der Waals surface area contributed by atoms with E-state index >= 15 is 0 Å². The van der Waals surface area contributed by atoms with E-state index in [-0.39, 0.29) is 11.9 Å². The van der Waals surface area contributed by atoms with Crippen molar-refractivity contribution in [1.29, 1.82) is 0 Å². The number of hydrogen-bond acceptors (Lipinski definition) is 4. The zero-order chi connectivity index (χ0) is 22.3. The molecular formula is C26H19N3O4. The number of furan rings is 1. The summed E-state index contributed by atoms with van der Waals surface area (Å²) in [7, 11) is 1.54. The Morgan fingerprint density at radius 3 is 2.61 bits per heavy atom. The topological polar surface area (TPSA) is 78.8 Å². The van der Waals surface area contributed by atoms with Gasteiger partial charge >= 0.3 is 6.03 Å². The van der Waals surface area contributed by atoms with Crippen LogP contribution in [-0.4, -0.2) is 35.0 Å². The molecule has 0 radical (unpaired) electrons. The van der Waals surface area contributed by atoms with Gasteiger partial charge in [0.25, 0.3) is 5.91 Å². The van der Waals surface area contributed by atoms with Gasteiger partial charge in [0.15, 0.2) is 0 Å². The van der Waals surface area contributed by atoms with Crippen LogP contribution in [0.25, 0.3) is 32.8 Å². The van der Waals surface area contributed by atoms with Crippen LogP contribution in [0.3, 0.4) is 0 Å². The maximum absolute atomic E-state index is 13.6. The van der Waals surface area contributed by atoms with Crippen LogP contribution in [0.1, 0.15) is 11.3 Å². The highest BCUT2D eigenvalue weighted by molar-refractivity contribution is 6.23. The highest BCUT2D eigenvalue weighted by atomic mass is 16.5. The van der Waals surface area contributed by atoms with Gasteiger partial charge in [0, 0.05) is 39.9 Å². The van der Waals surface area contributed by atoms with Crippen molar-refractivity contribution in [2.24, 2.45) is 0 Å². The standard InChI is InChI=1S/C26H19N3O4/c1-32-24-11-17-15-7-3-5-9-22(15)33-23(17)12-20(24)29-25(30)21-10-16-14-6-2-4-8-18(14)27-19(16)13-28(21)26(29)31/h2-9,11-12,21,27H,10,13H2,1H3/t21-/m1/s1. The fourth-order valence-electron chi connectivity index (χ4n) is 5.30. The molecule has 5 aromatic rings. The van der Waals surface area contributed by atoms with Crippen molar-refractivity contribution in [3.63, 3.8) is 0 Å². The number of aromatic amines is 1. The second-order valence-electron chi connectivity index (χ2n) is 8.55. The van der Waals surface area contributed by atoms with Crippen molar-refractivity contribution in [3.05, 3.63) is 71.9 Å². The fourth-order valence-corrected chi connectivity index (χ4v) is 5.30. The first-order valence-electron chi connectivity index (χ1n) is 10.9. The summed E-state index contributed by atoms with van der Waals surface area (Å²) < 4.78 is 11.6. The number of fused-ring (bicyclic) bond motifs is 7. The molecule has 0 spiro atoms. The van der Waals surface area contributed by atoms with E-state index in [0.717, 1.165) is 38.5 Å². The molecule has 1 atom stereocenters. The van der Waals surface area contributed by atoms with Crippen LogP contribution in [0.2, 0.25) is 0 Å². The Bertz CT molecular complexity index is 1630. The first-order valence-corrected chi connectivity index (χ1v) is 10.9. The van der Waals surface area contributed by atoms with Gasteiger partial charge in [-0.05, 0) is 23.8 Å². The minimum atomic E-state index is -0.541. The van der Waals surface area contributed by atoms with Crippen molar-refractivity contribution < 1.29 is 18.7 Å². The average Bonchev–Trinajstić information content (AvgIpc) is 3.46. The average molecular weight is 437 g/mol. The minimum absolute atomic E-state index is 0.246. The van der Waals surface area contributed by atoms with E-state index in [9.17, 15) is 9.59 Å². The largest absolute Gasteiger partial charge is 0.495 e. The molecule has 33 heavy (non-hydrogen) atoms. The van der Waals surface area contributed by atoms with Gasteiger partial charge in [-0.2, -0.15) is 0 Å². The maximum atomic E-state index is 13.6. The summed E-state index contributed by atoms with van der Waals surface area (Å²) in [4.78, 5) is 33.3. The lowest BCUT2D eigenvalue weighted by Crippen LogP contribution is -2.39. The number of carbonyl (C=O) groups is 2. The first-order chi connectivity index (χ1) is 16.1. The zero-order valence-corrected chi connectivity index (χ0v) is 17.8. The molecule has 7 nitrogen and oxygen atoms in total. The van der Waals surface area contributed by atoms with E-state index in [4.69, 9.17) is 9.15 Å². The van der Waals surface area contributed by atoms with Gasteiger partial charge in [-0.25, -0.2) is 9.69 Å². The zero-order valence-electron chi connectivity index (χ0n) is 17.8. The number of hydrogen-bond donors (Lipinski definition) is 1. The van der Waals surface area contributed by atoms with Crippen molar-refractivity contribution >= 4 is 50.5 Å². The molecule has 4 heterocycles. The molecule has 0 saturated carbocycles. The van der Waals surface area contributed by atoms with Crippen LogP contribution in [0, 0.1) is 0 Å². The molecule has 3 aromatic carbocycles.